The molecule has 0 bridgehead atoms. The van der Waals surface area contributed by atoms with Crippen LogP contribution in [-0.4, -0.2) is 55.6 Å². The van der Waals surface area contributed by atoms with Crippen molar-refractivity contribution in [1.29, 1.82) is 0 Å². The van der Waals surface area contributed by atoms with Crippen LogP contribution in [0.25, 0.3) is 0 Å². The predicted octanol–water partition coefficient (Wildman–Crippen LogP) is -2.59. The van der Waals surface area contributed by atoms with E-state index in [0.29, 0.717) is 0 Å². The Morgan fingerprint density at radius 3 is 2.35 bits per heavy atom. The first-order valence-electron chi connectivity index (χ1n) is 4.64. The zero-order valence-corrected chi connectivity index (χ0v) is 9.74. The first kappa shape index (κ1) is 15.6. The molecule has 2 amide bonds. The molecule has 0 rings (SSSR count). The molecule has 0 saturated carbocycles. The number of aliphatic carboxylic acids is 1. The number of hydrogen-bond acceptors (Lipinski definition) is 5. The number of hydrogen-bond donors (Lipinski definition) is 5. The van der Waals surface area contributed by atoms with Crippen LogP contribution >= 0.6 is 0 Å². The average molecular weight is 269 g/mol. The highest BCUT2D eigenvalue weighted by atomic mass is 32.2. The van der Waals surface area contributed by atoms with E-state index in [-0.39, 0.29) is 18.7 Å². The van der Waals surface area contributed by atoms with Crippen molar-refractivity contribution in [3.8, 4) is 0 Å². The largest absolute Gasteiger partial charge is 0.480 e. The number of amides is 2. The second-order valence-electron chi connectivity index (χ2n) is 3.19. The lowest BCUT2D eigenvalue weighted by atomic mass is 10.3. The molecular weight excluding hydrogens is 254 g/mol. The Balaban J connectivity index is 3.84. The standard InChI is InChI=1S/C7H15N3O6S/c8-17(15,16)3-1-2-9-7(14)10-5(4-11)6(12)13/h5,11H,1-4H2,(H,12,13)(H2,8,15,16)(H2,9,10,14)/t5-/m0/s1. The maximum Gasteiger partial charge on any atom is 0.328 e. The molecule has 0 aromatic carbocycles. The van der Waals surface area contributed by atoms with Gasteiger partial charge in [0.1, 0.15) is 0 Å². The van der Waals surface area contributed by atoms with E-state index in [1.165, 1.54) is 0 Å². The topological polar surface area (TPSA) is 159 Å². The molecule has 9 nitrogen and oxygen atoms in total. The van der Waals surface area contributed by atoms with Gasteiger partial charge in [0, 0.05) is 6.54 Å². The molecular formula is C7H15N3O6S. The number of carboxylic acid groups (broad SMARTS) is 1. The molecule has 0 unspecified atom stereocenters. The fourth-order valence-corrected chi connectivity index (χ4v) is 1.42. The van der Waals surface area contributed by atoms with Gasteiger partial charge in [-0.3, -0.25) is 0 Å². The van der Waals surface area contributed by atoms with Gasteiger partial charge in [-0.25, -0.2) is 23.1 Å². The second kappa shape index (κ2) is 7.04. The Labute approximate surface area is 98.0 Å². The average Bonchev–Trinajstić information content (AvgIpc) is 2.19. The highest BCUT2D eigenvalue weighted by molar-refractivity contribution is 7.89. The third-order valence-electron chi connectivity index (χ3n) is 1.68. The Bertz CT molecular complexity index is 368. The van der Waals surface area contributed by atoms with Crippen LogP contribution in [0.2, 0.25) is 0 Å². The van der Waals surface area contributed by atoms with E-state index in [4.69, 9.17) is 15.4 Å². The number of nitrogens with one attached hydrogen (secondary N) is 2. The summed E-state index contributed by atoms with van der Waals surface area (Å²) in [6.07, 6.45) is 0.114. The number of carbonyl (C=O) groups is 2. The van der Waals surface area contributed by atoms with E-state index in [2.05, 4.69) is 5.32 Å². The highest BCUT2D eigenvalue weighted by Crippen LogP contribution is 1.85. The van der Waals surface area contributed by atoms with Crippen molar-refractivity contribution in [2.24, 2.45) is 5.14 Å². The first-order valence-corrected chi connectivity index (χ1v) is 6.36. The number of carboxylic acids is 1. The van der Waals surface area contributed by atoms with E-state index in [9.17, 15) is 18.0 Å². The normalized spacial score (nSPS) is 12.8. The number of aliphatic hydroxyl groups is 1. The van der Waals surface area contributed by atoms with Gasteiger partial charge in [-0.05, 0) is 6.42 Å². The summed E-state index contributed by atoms with van der Waals surface area (Å²) in [7, 11) is -3.57. The minimum Gasteiger partial charge on any atom is -0.480 e. The van der Waals surface area contributed by atoms with Crippen molar-refractivity contribution in [1.82, 2.24) is 10.6 Å². The number of sulfonamides is 1. The van der Waals surface area contributed by atoms with Crippen LogP contribution in [-0.2, 0) is 14.8 Å². The van der Waals surface area contributed by atoms with Gasteiger partial charge in [0.15, 0.2) is 6.04 Å². The molecule has 10 heteroatoms. The van der Waals surface area contributed by atoms with Crippen molar-refractivity contribution in [3.05, 3.63) is 0 Å². The molecule has 0 fully saturated rings. The quantitative estimate of drug-likeness (QED) is 0.319. The summed E-state index contributed by atoms with van der Waals surface area (Å²) in [5.41, 5.74) is 0. The van der Waals surface area contributed by atoms with Gasteiger partial charge < -0.3 is 20.8 Å². The summed E-state index contributed by atoms with van der Waals surface area (Å²) in [6.45, 7) is -0.708. The van der Waals surface area contributed by atoms with Gasteiger partial charge in [-0.2, -0.15) is 0 Å². The van der Waals surface area contributed by atoms with Gasteiger partial charge in [-0.1, -0.05) is 0 Å². The minimum atomic E-state index is -3.57. The minimum absolute atomic E-state index is 0.0278. The van der Waals surface area contributed by atoms with Crippen LogP contribution in [0.3, 0.4) is 0 Å². The van der Waals surface area contributed by atoms with Gasteiger partial charge in [0.05, 0.1) is 12.4 Å². The Morgan fingerprint density at radius 1 is 1.35 bits per heavy atom. The van der Waals surface area contributed by atoms with Crippen LogP contribution < -0.4 is 15.8 Å². The summed E-state index contributed by atoms with van der Waals surface area (Å²) in [5.74, 6) is -1.65. The molecule has 0 spiro atoms. The molecule has 1 atom stereocenters. The summed E-state index contributed by atoms with van der Waals surface area (Å²) in [5, 5.41) is 26.0. The fraction of sp³-hybridized carbons (Fsp3) is 0.714. The van der Waals surface area contributed by atoms with Crippen molar-refractivity contribution >= 4 is 22.0 Å². The molecule has 0 aromatic rings. The smallest absolute Gasteiger partial charge is 0.328 e. The lowest BCUT2D eigenvalue weighted by Crippen LogP contribution is -2.48. The highest BCUT2D eigenvalue weighted by Gasteiger charge is 2.18. The molecule has 0 aliphatic carbocycles. The molecule has 0 aromatic heterocycles. The number of primary sulfonamides is 1. The maximum absolute atomic E-state index is 11.1. The Kier molecular flexibility index (Phi) is 6.46. The monoisotopic (exact) mass is 269 g/mol. The summed E-state index contributed by atoms with van der Waals surface area (Å²) in [4.78, 5) is 21.5. The lowest BCUT2D eigenvalue weighted by Gasteiger charge is -2.12. The third-order valence-corrected chi connectivity index (χ3v) is 2.53. The van der Waals surface area contributed by atoms with Gasteiger partial charge in [0.2, 0.25) is 10.0 Å². The predicted molar refractivity (Wildman–Crippen MR) is 57.6 cm³/mol. The van der Waals surface area contributed by atoms with Crippen molar-refractivity contribution in [2.75, 3.05) is 18.9 Å². The fourth-order valence-electron chi connectivity index (χ4n) is 0.870. The SMILES string of the molecule is NS(=O)(=O)CCCNC(=O)N[C@@H](CO)C(=O)O. The van der Waals surface area contributed by atoms with Crippen LogP contribution in [0.1, 0.15) is 6.42 Å². The Morgan fingerprint density at radius 2 is 1.94 bits per heavy atom. The van der Waals surface area contributed by atoms with Crippen LogP contribution in [0, 0.1) is 0 Å². The third kappa shape index (κ3) is 8.42. The molecule has 0 saturated heterocycles. The van der Waals surface area contributed by atoms with Crippen LogP contribution in [0.5, 0.6) is 0 Å². The van der Waals surface area contributed by atoms with Crippen molar-refractivity contribution in [2.45, 2.75) is 12.5 Å². The van der Waals surface area contributed by atoms with Crippen LogP contribution in [0.15, 0.2) is 0 Å². The van der Waals surface area contributed by atoms with Gasteiger partial charge in [0.25, 0.3) is 0 Å². The molecule has 0 heterocycles. The molecule has 17 heavy (non-hydrogen) atoms. The summed E-state index contributed by atoms with van der Waals surface area (Å²) >= 11 is 0. The molecule has 0 aliphatic rings. The lowest BCUT2D eigenvalue weighted by molar-refractivity contribution is -0.140. The maximum atomic E-state index is 11.1. The number of carbonyl (C=O) groups excluding carboxylic acids is 1. The van der Waals surface area contributed by atoms with Crippen molar-refractivity contribution < 1.29 is 28.2 Å². The zero-order valence-electron chi connectivity index (χ0n) is 8.92. The number of aliphatic hydroxyl groups excluding tert-OH is 1. The summed E-state index contributed by atoms with van der Waals surface area (Å²) in [6, 6.07) is -2.20. The number of nitrogens with two attached hydrogens (primary N) is 1. The van der Waals surface area contributed by atoms with E-state index >= 15 is 0 Å². The first-order chi connectivity index (χ1) is 7.76. The van der Waals surface area contributed by atoms with Crippen molar-refractivity contribution in [3.63, 3.8) is 0 Å². The van der Waals surface area contributed by atoms with Gasteiger partial charge in [-0.15, -0.1) is 0 Å². The van der Waals surface area contributed by atoms with Crippen LogP contribution in [0.4, 0.5) is 4.79 Å². The van der Waals surface area contributed by atoms with E-state index in [1.807, 2.05) is 5.32 Å². The zero-order chi connectivity index (χ0) is 13.5. The summed E-state index contributed by atoms with van der Waals surface area (Å²) < 4.78 is 21.1. The molecule has 100 valence electrons. The molecule has 6 N–H and O–H groups in total. The van der Waals surface area contributed by atoms with Gasteiger partial charge >= 0.3 is 12.0 Å². The second-order valence-corrected chi connectivity index (χ2v) is 4.93. The van der Waals surface area contributed by atoms with E-state index in [0.717, 1.165) is 0 Å². The van der Waals surface area contributed by atoms with E-state index < -0.39 is 34.7 Å². The molecule has 0 radical (unpaired) electrons. The van der Waals surface area contributed by atoms with E-state index in [1.54, 1.807) is 0 Å². The Hall–Kier alpha value is -1.39. The number of rotatable bonds is 7. The molecule has 0 aliphatic heterocycles. The number of urea groups is 1.